The normalized spacial score (nSPS) is 22.7. The van der Waals surface area contributed by atoms with E-state index in [2.05, 4.69) is 44.4 Å². The molecule has 1 aliphatic rings. The number of amides is 1. The van der Waals surface area contributed by atoms with Crippen molar-refractivity contribution in [1.29, 1.82) is 0 Å². The number of nitrogens with one attached hydrogen (secondary N) is 2. The summed E-state index contributed by atoms with van der Waals surface area (Å²) in [7, 11) is 0. The third-order valence-electron chi connectivity index (χ3n) is 4.52. The van der Waals surface area contributed by atoms with Gasteiger partial charge in [0.2, 0.25) is 0 Å². The Morgan fingerprint density at radius 2 is 2.09 bits per heavy atom. The fourth-order valence-corrected chi connectivity index (χ4v) is 3.21. The molecule has 1 fully saturated rings. The first-order valence-electron chi connectivity index (χ1n) is 8.67. The second-order valence-corrected chi connectivity index (χ2v) is 7.02. The molecule has 0 radical (unpaired) electrons. The quantitative estimate of drug-likeness (QED) is 0.877. The molecule has 0 aliphatic carbocycles. The highest BCUT2D eigenvalue weighted by molar-refractivity contribution is 5.81. The van der Waals surface area contributed by atoms with Crippen LogP contribution in [0.1, 0.15) is 57.6 Å². The molecule has 128 valence electrons. The van der Waals surface area contributed by atoms with E-state index in [0.29, 0.717) is 12.0 Å². The monoisotopic (exact) mass is 318 g/mol. The summed E-state index contributed by atoms with van der Waals surface area (Å²) in [5.41, 5.74) is 2.52. The first-order valence-corrected chi connectivity index (χ1v) is 8.67. The van der Waals surface area contributed by atoms with E-state index in [0.717, 1.165) is 25.1 Å². The van der Waals surface area contributed by atoms with Crippen LogP contribution in [0.2, 0.25) is 0 Å². The number of carbonyl (C=O) groups excluding carboxylic acids is 1. The van der Waals surface area contributed by atoms with E-state index in [1.54, 1.807) is 0 Å². The molecular formula is C19H30N2O2. The molecule has 0 bridgehead atoms. The van der Waals surface area contributed by atoms with E-state index >= 15 is 0 Å². The van der Waals surface area contributed by atoms with E-state index in [9.17, 15) is 4.79 Å². The fraction of sp³-hybridized carbons (Fsp3) is 0.632. The summed E-state index contributed by atoms with van der Waals surface area (Å²) < 4.78 is 5.83. The molecule has 1 saturated heterocycles. The molecule has 3 unspecified atom stereocenters. The van der Waals surface area contributed by atoms with E-state index in [-0.39, 0.29) is 11.9 Å². The minimum absolute atomic E-state index is 0.0327. The number of benzene rings is 1. The number of ether oxygens (including phenoxy) is 1. The molecule has 4 heteroatoms. The van der Waals surface area contributed by atoms with Crippen molar-refractivity contribution in [3.63, 3.8) is 0 Å². The topological polar surface area (TPSA) is 50.4 Å². The fourth-order valence-electron chi connectivity index (χ4n) is 3.21. The zero-order chi connectivity index (χ0) is 17.0. The Morgan fingerprint density at radius 3 is 2.70 bits per heavy atom. The highest BCUT2D eigenvalue weighted by Gasteiger charge is 2.23. The molecule has 4 nitrogen and oxygen atoms in total. The zero-order valence-corrected chi connectivity index (χ0v) is 15.0. The van der Waals surface area contributed by atoms with Gasteiger partial charge in [-0.05, 0) is 69.3 Å². The molecule has 1 amide bonds. The van der Waals surface area contributed by atoms with E-state index in [1.165, 1.54) is 11.1 Å². The predicted molar refractivity (Wildman–Crippen MR) is 94.0 cm³/mol. The summed E-state index contributed by atoms with van der Waals surface area (Å²) in [5.74, 6) is 1.22. The first-order chi connectivity index (χ1) is 10.9. The van der Waals surface area contributed by atoms with Crippen LogP contribution in [0, 0.1) is 6.92 Å². The van der Waals surface area contributed by atoms with Gasteiger partial charge in [0.15, 0.2) is 6.10 Å². The summed E-state index contributed by atoms with van der Waals surface area (Å²) in [6.07, 6.45) is 1.47. The van der Waals surface area contributed by atoms with Crippen LogP contribution in [0.4, 0.5) is 0 Å². The lowest BCUT2D eigenvalue weighted by atomic mass is 9.98. The molecule has 1 heterocycles. The molecule has 1 aliphatic heterocycles. The van der Waals surface area contributed by atoms with E-state index < -0.39 is 6.10 Å². The molecule has 2 rings (SSSR count). The van der Waals surface area contributed by atoms with Gasteiger partial charge in [0.1, 0.15) is 5.75 Å². The van der Waals surface area contributed by atoms with Gasteiger partial charge >= 0.3 is 0 Å². The molecule has 1 aromatic rings. The second-order valence-electron chi connectivity index (χ2n) is 7.02. The van der Waals surface area contributed by atoms with Gasteiger partial charge in [0.25, 0.3) is 5.91 Å². The van der Waals surface area contributed by atoms with Crippen molar-refractivity contribution < 1.29 is 9.53 Å². The lowest BCUT2D eigenvalue weighted by Crippen LogP contribution is -2.49. The van der Waals surface area contributed by atoms with Crippen LogP contribution >= 0.6 is 0 Å². The van der Waals surface area contributed by atoms with Gasteiger partial charge in [-0.2, -0.15) is 0 Å². The van der Waals surface area contributed by atoms with Crippen LogP contribution in [0.15, 0.2) is 18.2 Å². The largest absolute Gasteiger partial charge is 0.481 e. The third kappa shape index (κ3) is 4.96. The predicted octanol–water partition coefficient (Wildman–Crippen LogP) is 3.14. The van der Waals surface area contributed by atoms with Crippen molar-refractivity contribution in [3.05, 3.63) is 29.3 Å². The highest BCUT2D eigenvalue weighted by Crippen LogP contribution is 2.24. The van der Waals surface area contributed by atoms with Crippen molar-refractivity contribution in [1.82, 2.24) is 10.6 Å². The lowest BCUT2D eigenvalue weighted by molar-refractivity contribution is -0.128. The number of carbonyl (C=O) groups is 1. The Balaban J connectivity index is 1.91. The summed E-state index contributed by atoms with van der Waals surface area (Å²) in [6.45, 7) is 11.4. The Hall–Kier alpha value is -1.55. The second kappa shape index (κ2) is 7.82. The third-order valence-corrected chi connectivity index (χ3v) is 4.52. The van der Waals surface area contributed by atoms with Crippen LogP contribution < -0.4 is 15.4 Å². The van der Waals surface area contributed by atoms with Crippen molar-refractivity contribution in [2.24, 2.45) is 0 Å². The number of hydrogen-bond acceptors (Lipinski definition) is 3. The highest BCUT2D eigenvalue weighted by atomic mass is 16.5. The number of piperidine rings is 1. The Kier molecular flexibility index (Phi) is 6.05. The minimum Gasteiger partial charge on any atom is -0.481 e. The SMILES string of the molecule is Cc1cc(OC(C)C(=O)NC2CCNC(C)C2)ccc1C(C)C. The van der Waals surface area contributed by atoms with Crippen molar-refractivity contribution in [2.75, 3.05) is 6.54 Å². The van der Waals surface area contributed by atoms with Gasteiger partial charge in [-0.15, -0.1) is 0 Å². The molecular weight excluding hydrogens is 288 g/mol. The van der Waals surface area contributed by atoms with Crippen molar-refractivity contribution >= 4 is 5.91 Å². The smallest absolute Gasteiger partial charge is 0.260 e. The summed E-state index contributed by atoms with van der Waals surface area (Å²) in [4.78, 5) is 12.3. The van der Waals surface area contributed by atoms with Gasteiger partial charge in [0.05, 0.1) is 0 Å². The molecule has 0 aromatic heterocycles. The van der Waals surface area contributed by atoms with Crippen LogP contribution in [-0.4, -0.2) is 30.6 Å². The molecule has 23 heavy (non-hydrogen) atoms. The summed E-state index contributed by atoms with van der Waals surface area (Å²) >= 11 is 0. The molecule has 2 N–H and O–H groups in total. The van der Waals surface area contributed by atoms with Crippen LogP contribution in [0.5, 0.6) is 5.75 Å². The number of aryl methyl sites for hydroxylation is 1. The zero-order valence-electron chi connectivity index (χ0n) is 15.0. The molecule has 3 atom stereocenters. The van der Waals surface area contributed by atoms with Gasteiger partial charge in [-0.1, -0.05) is 19.9 Å². The summed E-state index contributed by atoms with van der Waals surface area (Å²) in [5, 5.41) is 6.50. The molecule has 1 aromatic carbocycles. The lowest BCUT2D eigenvalue weighted by Gasteiger charge is -2.29. The number of rotatable bonds is 5. The van der Waals surface area contributed by atoms with Crippen molar-refractivity contribution in [3.8, 4) is 5.75 Å². The van der Waals surface area contributed by atoms with Gasteiger partial charge in [-0.3, -0.25) is 4.79 Å². The van der Waals surface area contributed by atoms with Crippen LogP contribution in [0.3, 0.4) is 0 Å². The van der Waals surface area contributed by atoms with Gasteiger partial charge in [0, 0.05) is 12.1 Å². The van der Waals surface area contributed by atoms with E-state index in [4.69, 9.17) is 4.74 Å². The average Bonchev–Trinajstić information content (AvgIpc) is 2.46. The number of hydrogen-bond donors (Lipinski definition) is 2. The average molecular weight is 318 g/mol. The molecule has 0 spiro atoms. The minimum atomic E-state index is -0.482. The first kappa shape index (κ1) is 17.8. The van der Waals surface area contributed by atoms with Gasteiger partial charge in [-0.25, -0.2) is 0 Å². The Labute approximate surface area is 140 Å². The maximum Gasteiger partial charge on any atom is 0.260 e. The maximum absolute atomic E-state index is 12.3. The Bertz CT molecular complexity index is 542. The van der Waals surface area contributed by atoms with Crippen LogP contribution in [0.25, 0.3) is 0 Å². The summed E-state index contributed by atoms with van der Waals surface area (Å²) in [6, 6.07) is 6.77. The van der Waals surface area contributed by atoms with Crippen molar-refractivity contribution in [2.45, 2.75) is 71.6 Å². The Morgan fingerprint density at radius 1 is 1.35 bits per heavy atom. The molecule has 0 saturated carbocycles. The van der Waals surface area contributed by atoms with Gasteiger partial charge < -0.3 is 15.4 Å². The van der Waals surface area contributed by atoms with E-state index in [1.807, 2.05) is 19.1 Å². The maximum atomic E-state index is 12.3. The standard InChI is InChI=1S/C19H30N2O2/c1-12(2)18-7-6-17(10-13(18)3)23-15(5)19(22)21-16-8-9-20-14(4)11-16/h6-7,10,12,14-16,20H,8-9,11H2,1-5H3,(H,21,22). The van der Waals surface area contributed by atoms with Crippen LogP contribution in [-0.2, 0) is 4.79 Å².